The second kappa shape index (κ2) is 6.02. The maximum absolute atomic E-state index is 9.45. The highest BCUT2D eigenvalue weighted by atomic mass is 15.0. The molecule has 0 aliphatic heterocycles. The Balaban J connectivity index is 2.15. The lowest BCUT2D eigenvalue weighted by molar-refractivity contribution is 0.359. The van der Waals surface area contributed by atoms with Crippen LogP contribution >= 0.6 is 0 Å². The van der Waals surface area contributed by atoms with Gasteiger partial charge in [0.15, 0.2) is 0 Å². The molecule has 0 radical (unpaired) electrons. The normalized spacial score (nSPS) is 18.3. The molecule has 0 heterocycles. The van der Waals surface area contributed by atoms with Crippen molar-refractivity contribution in [3.05, 3.63) is 34.9 Å². The van der Waals surface area contributed by atoms with Crippen LogP contribution in [0.4, 0.5) is 0 Å². The van der Waals surface area contributed by atoms with Gasteiger partial charge >= 0.3 is 0 Å². The molecule has 1 fully saturated rings. The standard InChI is InChI=1S/C16H22N2/c1-12-7-6-8-13(2)16(12)15(11-17)18-14-9-4-3-5-10-14/h6-8,14-15,18H,3-5,9-10H2,1-2H3. The van der Waals surface area contributed by atoms with Crippen LogP contribution in [0.2, 0.25) is 0 Å². The predicted octanol–water partition coefficient (Wildman–Crippen LogP) is 3.79. The van der Waals surface area contributed by atoms with E-state index in [0.717, 1.165) is 0 Å². The number of nitriles is 1. The van der Waals surface area contributed by atoms with Crippen molar-refractivity contribution in [2.45, 2.75) is 58.0 Å². The fraction of sp³-hybridized carbons (Fsp3) is 0.562. The second-order valence-corrected chi connectivity index (χ2v) is 5.37. The summed E-state index contributed by atoms with van der Waals surface area (Å²) in [6.07, 6.45) is 6.36. The first kappa shape index (κ1) is 13.1. The van der Waals surface area contributed by atoms with E-state index in [1.165, 1.54) is 48.8 Å². The van der Waals surface area contributed by atoms with E-state index in [0.29, 0.717) is 6.04 Å². The van der Waals surface area contributed by atoms with E-state index >= 15 is 0 Å². The highest BCUT2D eigenvalue weighted by molar-refractivity contribution is 5.39. The average molecular weight is 242 g/mol. The Bertz CT molecular complexity index is 419. The first-order chi connectivity index (χ1) is 8.72. The van der Waals surface area contributed by atoms with Crippen LogP contribution in [-0.4, -0.2) is 6.04 Å². The monoisotopic (exact) mass is 242 g/mol. The second-order valence-electron chi connectivity index (χ2n) is 5.37. The van der Waals surface area contributed by atoms with E-state index in [-0.39, 0.29) is 6.04 Å². The molecule has 1 N–H and O–H groups in total. The zero-order chi connectivity index (χ0) is 13.0. The minimum Gasteiger partial charge on any atom is -0.295 e. The molecule has 0 spiro atoms. The number of rotatable bonds is 3. The van der Waals surface area contributed by atoms with Crippen molar-refractivity contribution in [1.82, 2.24) is 5.32 Å². The van der Waals surface area contributed by atoms with E-state index in [1.54, 1.807) is 0 Å². The van der Waals surface area contributed by atoms with Gasteiger partial charge in [-0.15, -0.1) is 0 Å². The van der Waals surface area contributed by atoms with Crippen LogP contribution in [0.5, 0.6) is 0 Å². The number of hydrogen-bond acceptors (Lipinski definition) is 2. The van der Waals surface area contributed by atoms with Crippen LogP contribution < -0.4 is 5.32 Å². The molecule has 1 aromatic carbocycles. The molecule has 2 rings (SSSR count). The lowest BCUT2D eigenvalue weighted by Crippen LogP contribution is -2.34. The Labute approximate surface area is 110 Å². The van der Waals surface area contributed by atoms with Gasteiger partial charge in [0.05, 0.1) is 6.07 Å². The van der Waals surface area contributed by atoms with Crippen molar-refractivity contribution >= 4 is 0 Å². The summed E-state index contributed by atoms with van der Waals surface area (Å²) >= 11 is 0. The minimum atomic E-state index is -0.158. The van der Waals surface area contributed by atoms with Gasteiger partial charge in [-0.25, -0.2) is 0 Å². The van der Waals surface area contributed by atoms with Crippen LogP contribution in [0, 0.1) is 25.2 Å². The van der Waals surface area contributed by atoms with Crippen molar-refractivity contribution < 1.29 is 0 Å². The fourth-order valence-electron chi connectivity index (χ4n) is 2.97. The molecule has 1 aromatic rings. The van der Waals surface area contributed by atoms with Crippen molar-refractivity contribution in [2.24, 2.45) is 0 Å². The van der Waals surface area contributed by atoms with Gasteiger partial charge < -0.3 is 0 Å². The summed E-state index contributed by atoms with van der Waals surface area (Å²) in [5, 5.41) is 13.0. The number of nitrogens with zero attached hydrogens (tertiary/aromatic N) is 1. The first-order valence-corrected chi connectivity index (χ1v) is 6.94. The lowest BCUT2D eigenvalue weighted by Gasteiger charge is -2.27. The van der Waals surface area contributed by atoms with Crippen molar-refractivity contribution in [3.8, 4) is 6.07 Å². The maximum atomic E-state index is 9.45. The maximum Gasteiger partial charge on any atom is 0.122 e. The predicted molar refractivity (Wildman–Crippen MR) is 74.3 cm³/mol. The van der Waals surface area contributed by atoms with Gasteiger partial charge in [-0.1, -0.05) is 37.5 Å². The Hall–Kier alpha value is -1.33. The molecule has 0 bridgehead atoms. The van der Waals surface area contributed by atoms with E-state index in [4.69, 9.17) is 0 Å². The van der Waals surface area contributed by atoms with E-state index in [2.05, 4.69) is 43.4 Å². The van der Waals surface area contributed by atoms with Crippen LogP contribution in [0.3, 0.4) is 0 Å². The highest BCUT2D eigenvalue weighted by Gasteiger charge is 2.21. The van der Waals surface area contributed by atoms with Gasteiger partial charge in [0.25, 0.3) is 0 Å². The molecule has 1 unspecified atom stereocenters. The zero-order valence-electron chi connectivity index (χ0n) is 11.4. The quantitative estimate of drug-likeness (QED) is 0.875. The van der Waals surface area contributed by atoms with Crippen LogP contribution in [0.1, 0.15) is 54.8 Å². The van der Waals surface area contributed by atoms with Crippen molar-refractivity contribution in [3.63, 3.8) is 0 Å². The minimum absolute atomic E-state index is 0.158. The summed E-state index contributed by atoms with van der Waals surface area (Å²) in [6.45, 7) is 4.18. The van der Waals surface area contributed by atoms with Crippen molar-refractivity contribution in [1.29, 1.82) is 5.26 Å². The van der Waals surface area contributed by atoms with Gasteiger partial charge in [-0.05, 0) is 43.4 Å². The van der Waals surface area contributed by atoms with E-state index in [9.17, 15) is 5.26 Å². The van der Waals surface area contributed by atoms with Crippen LogP contribution in [0.15, 0.2) is 18.2 Å². The lowest BCUT2D eigenvalue weighted by atomic mass is 9.92. The fourth-order valence-corrected chi connectivity index (χ4v) is 2.97. The molecular formula is C16H22N2. The van der Waals surface area contributed by atoms with Crippen molar-refractivity contribution in [2.75, 3.05) is 0 Å². The summed E-state index contributed by atoms with van der Waals surface area (Å²) in [6, 6.07) is 9.04. The largest absolute Gasteiger partial charge is 0.295 e. The molecule has 0 saturated heterocycles. The van der Waals surface area contributed by atoms with Gasteiger partial charge in [-0.2, -0.15) is 5.26 Å². The number of aryl methyl sites for hydroxylation is 2. The molecule has 2 nitrogen and oxygen atoms in total. The molecule has 1 aliphatic carbocycles. The van der Waals surface area contributed by atoms with E-state index < -0.39 is 0 Å². The Morgan fingerprint density at radius 2 is 1.78 bits per heavy atom. The third kappa shape index (κ3) is 2.91. The molecule has 0 amide bonds. The molecule has 1 aliphatic rings. The summed E-state index contributed by atoms with van der Waals surface area (Å²) < 4.78 is 0. The van der Waals surface area contributed by atoms with E-state index in [1.807, 2.05) is 0 Å². The average Bonchev–Trinajstić information content (AvgIpc) is 2.38. The summed E-state index contributed by atoms with van der Waals surface area (Å²) in [5.41, 5.74) is 3.60. The topological polar surface area (TPSA) is 35.8 Å². The number of nitrogens with one attached hydrogen (secondary N) is 1. The molecule has 0 aromatic heterocycles. The Kier molecular flexibility index (Phi) is 4.38. The first-order valence-electron chi connectivity index (χ1n) is 6.94. The molecular weight excluding hydrogens is 220 g/mol. The zero-order valence-corrected chi connectivity index (χ0v) is 11.4. The molecule has 1 saturated carbocycles. The molecule has 18 heavy (non-hydrogen) atoms. The highest BCUT2D eigenvalue weighted by Crippen LogP contribution is 2.25. The van der Waals surface area contributed by atoms with Crippen LogP contribution in [-0.2, 0) is 0 Å². The summed E-state index contributed by atoms with van der Waals surface area (Å²) in [5.74, 6) is 0. The van der Waals surface area contributed by atoms with Gasteiger partial charge in [0.1, 0.15) is 6.04 Å². The molecule has 2 heteroatoms. The Morgan fingerprint density at radius 3 is 2.33 bits per heavy atom. The molecule has 96 valence electrons. The third-order valence-electron chi connectivity index (χ3n) is 3.97. The summed E-state index contributed by atoms with van der Waals surface area (Å²) in [4.78, 5) is 0. The Morgan fingerprint density at radius 1 is 1.17 bits per heavy atom. The smallest absolute Gasteiger partial charge is 0.122 e. The number of benzene rings is 1. The van der Waals surface area contributed by atoms with Gasteiger partial charge in [-0.3, -0.25) is 5.32 Å². The SMILES string of the molecule is Cc1cccc(C)c1C(C#N)NC1CCCCC1. The van der Waals surface area contributed by atoms with Crippen LogP contribution in [0.25, 0.3) is 0 Å². The third-order valence-corrected chi connectivity index (χ3v) is 3.97. The van der Waals surface area contributed by atoms with Gasteiger partial charge in [0.2, 0.25) is 0 Å². The molecule has 1 atom stereocenters. The number of hydrogen-bond donors (Lipinski definition) is 1. The summed E-state index contributed by atoms with van der Waals surface area (Å²) in [7, 11) is 0. The van der Waals surface area contributed by atoms with Gasteiger partial charge in [0, 0.05) is 6.04 Å².